The van der Waals surface area contributed by atoms with Gasteiger partial charge < -0.3 is 10.2 Å². The molecule has 0 heterocycles. The highest BCUT2D eigenvalue weighted by Crippen LogP contribution is 2.33. The maximum Gasteiger partial charge on any atom is 0.244 e. The molecule has 9 heteroatoms. The summed E-state index contributed by atoms with van der Waals surface area (Å²) in [5.41, 5.74) is -1.43. The first-order valence-electron chi connectivity index (χ1n) is 5.05. The maximum absolute atomic E-state index is 12.2. The third-order valence-corrected chi connectivity index (χ3v) is 5.09. The van der Waals surface area contributed by atoms with E-state index < -0.39 is 28.8 Å². The summed E-state index contributed by atoms with van der Waals surface area (Å²) in [6.45, 7) is 0.152. The van der Waals surface area contributed by atoms with Gasteiger partial charge in [0.2, 0.25) is 10.0 Å². The first kappa shape index (κ1) is 17.0. The van der Waals surface area contributed by atoms with Crippen LogP contribution in [-0.4, -0.2) is 37.4 Å². The van der Waals surface area contributed by atoms with Crippen LogP contribution in [-0.2, 0) is 10.0 Å². The van der Waals surface area contributed by atoms with E-state index in [4.69, 9.17) is 45.0 Å². The predicted molar refractivity (Wildman–Crippen MR) is 74.4 cm³/mol. The van der Waals surface area contributed by atoms with E-state index >= 15 is 0 Å². The van der Waals surface area contributed by atoms with Crippen LogP contribution in [0.25, 0.3) is 0 Å². The molecule has 1 rings (SSSR count). The van der Waals surface area contributed by atoms with E-state index in [1.165, 1.54) is 19.1 Å². The van der Waals surface area contributed by atoms with Crippen LogP contribution in [0.5, 0.6) is 0 Å². The molecule has 19 heavy (non-hydrogen) atoms. The van der Waals surface area contributed by atoms with Crippen molar-refractivity contribution in [3.63, 3.8) is 0 Å². The van der Waals surface area contributed by atoms with Gasteiger partial charge >= 0.3 is 0 Å². The smallest absolute Gasteiger partial charge is 0.244 e. The number of hydrogen-bond acceptors (Lipinski definition) is 4. The lowest BCUT2D eigenvalue weighted by atomic mass is 10.1. The largest absolute Gasteiger partial charge is 0.394 e. The first-order valence-corrected chi connectivity index (χ1v) is 7.67. The van der Waals surface area contributed by atoms with Gasteiger partial charge in [0, 0.05) is 5.02 Å². The Labute approximate surface area is 126 Å². The van der Waals surface area contributed by atoms with Crippen LogP contribution >= 0.6 is 34.8 Å². The molecule has 0 aliphatic rings. The molecule has 0 bridgehead atoms. The highest BCUT2D eigenvalue weighted by Gasteiger charge is 2.32. The van der Waals surface area contributed by atoms with Gasteiger partial charge in [0.05, 0.1) is 28.8 Å². The van der Waals surface area contributed by atoms with Crippen LogP contribution in [0.15, 0.2) is 17.0 Å². The van der Waals surface area contributed by atoms with E-state index in [9.17, 15) is 8.42 Å². The van der Waals surface area contributed by atoms with Gasteiger partial charge in [0.1, 0.15) is 4.90 Å². The minimum atomic E-state index is -4.11. The Hall–Kier alpha value is -0.0800. The van der Waals surface area contributed by atoms with Crippen LogP contribution in [0.4, 0.5) is 0 Å². The molecule has 0 saturated heterocycles. The molecule has 0 amide bonds. The summed E-state index contributed by atoms with van der Waals surface area (Å²) in [6.07, 6.45) is 0. The van der Waals surface area contributed by atoms with Crippen molar-refractivity contribution in [2.45, 2.75) is 17.4 Å². The van der Waals surface area contributed by atoms with Crippen molar-refractivity contribution >= 4 is 44.8 Å². The summed E-state index contributed by atoms with van der Waals surface area (Å²) < 4.78 is 26.5. The molecule has 0 aliphatic heterocycles. The molecule has 5 nitrogen and oxygen atoms in total. The zero-order chi connectivity index (χ0) is 14.8. The van der Waals surface area contributed by atoms with Crippen molar-refractivity contribution in [3.05, 3.63) is 27.2 Å². The molecule has 0 aliphatic carbocycles. The normalized spacial score (nSPS) is 12.7. The number of sulfonamides is 1. The Kier molecular flexibility index (Phi) is 5.48. The van der Waals surface area contributed by atoms with E-state index in [1.54, 1.807) is 0 Å². The van der Waals surface area contributed by atoms with Crippen molar-refractivity contribution in [1.29, 1.82) is 0 Å². The Morgan fingerprint density at radius 3 is 1.95 bits per heavy atom. The summed E-state index contributed by atoms with van der Waals surface area (Å²) in [5.74, 6) is 0. The third-order valence-electron chi connectivity index (χ3n) is 2.31. The SMILES string of the molecule is CC(CO)(CO)NS(=O)(=O)c1c(Cl)cc(Cl)cc1Cl. The van der Waals surface area contributed by atoms with Gasteiger partial charge in [-0.25, -0.2) is 13.1 Å². The average molecular weight is 349 g/mol. The van der Waals surface area contributed by atoms with Crippen LogP contribution < -0.4 is 4.72 Å². The van der Waals surface area contributed by atoms with Crippen molar-refractivity contribution in [3.8, 4) is 0 Å². The quantitative estimate of drug-likeness (QED) is 0.755. The zero-order valence-electron chi connectivity index (χ0n) is 9.82. The summed E-state index contributed by atoms with van der Waals surface area (Å²) in [7, 11) is -4.11. The third kappa shape index (κ3) is 3.95. The molecule has 108 valence electrons. The number of nitrogens with one attached hydrogen (secondary N) is 1. The summed E-state index contributed by atoms with van der Waals surface area (Å²) in [6, 6.07) is 2.47. The van der Waals surface area contributed by atoms with Gasteiger partial charge in [0.15, 0.2) is 0 Å². The standard InChI is InChI=1S/C10H12Cl3NO4S/c1-10(4-15,5-16)14-19(17,18)9-7(12)2-6(11)3-8(9)13/h2-3,14-16H,4-5H2,1H3. The van der Waals surface area contributed by atoms with Crippen molar-refractivity contribution in [2.75, 3.05) is 13.2 Å². The van der Waals surface area contributed by atoms with Crippen molar-refractivity contribution in [1.82, 2.24) is 4.72 Å². The number of benzene rings is 1. The van der Waals surface area contributed by atoms with E-state index in [0.717, 1.165) is 0 Å². The fourth-order valence-electron chi connectivity index (χ4n) is 1.28. The van der Waals surface area contributed by atoms with Crippen LogP contribution in [0.3, 0.4) is 0 Å². The molecule has 0 spiro atoms. The Balaban J connectivity index is 3.29. The van der Waals surface area contributed by atoms with Crippen molar-refractivity contribution < 1.29 is 18.6 Å². The van der Waals surface area contributed by atoms with E-state index in [0.29, 0.717) is 0 Å². The topological polar surface area (TPSA) is 86.6 Å². The van der Waals surface area contributed by atoms with Gasteiger partial charge in [-0.3, -0.25) is 0 Å². The lowest BCUT2D eigenvalue weighted by molar-refractivity contribution is 0.122. The monoisotopic (exact) mass is 347 g/mol. The number of aliphatic hydroxyl groups excluding tert-OH is 2. The van der Waals surface area contributed by atoms with Gasteiger partial charge in [-0.1, -0.05) is 34.8 Å². The maximum atomic E-state index is 12.2. The molecular formula is C10H12Cl3NO4S. The second-order valence-corrected chi connectivity index (χ2v) is 7.05. The molecule has 0 fully saturated rings. The highest BCUT2D eigenvalue weighted by atomic mass is 35.5. The van der Waals surface area contributed by atoms with Gasteiger partial charge in [-0.2, -0.15) is 0 Å². The van der Waals surface area contributed by atoms with E-state index in [1.807, 2.05) is 0 Å². The number of halogens is 3. The molecule has 0 unspecified atom stereocenters. The Bertz CT molecular complexity index is 549. The minimum absolute atomic E-state index is 0.150. The number of hydrogen-bond donors (Lipinski definition) is 3. The van der Waals surface area contributed by atoms with Gasteiger partial charge in [0.25, 0.3) is 0 Å². The average Bonchev–Trinajstić information content (AvgIpc) is 2.26. The summed E-state index contributed by atoms with van der Waals surface area (Å²) >= 11 is 17.3. The van der Waals surface area contributed by atoms with E-state index in [2.05, 4.69) is 4.72 Å². The van der Waals surface area contributed by atoms with Crippen LogP contribution in [0, 0.1) is 0 Å². The summed E-state index contributed by atoms with van der Waals surface area (Å²) in [5, 5.41) is 18.1. The Morgan fingerprint density at radius 2 is 1.58 bits per heavy atom. The lowest BCUT2D eigenvalue weighted by Gasteiger charge is -2.26. The van der Waals surface area contributed by atoms with Crippen molar-refractivity contribution in [2.24, 2.45) is 0 Å². The number of rotatable bonds is 5. The van der Waals surface area contributed by atoms with Gasteiger partial charge in [-0.15, -0.1) is 0 Å². The Morgan fingerprint density at radius 1 is 1.16 bits per heavy atom. The molecule has 0 aromatic heterocycles. The molecule has 0 saturated carbocycles. The van der Waals surface area contributed by atoms with E-state index in [-0.39, 0.29) is 20.0 Å². The second-order valence-electron chi connectivity index (χ2n) is 4.18. The van der Waals surface area contributed by atoms with Crippen LogP contribution in [0.2, 0.25) is 15.1 Å². The fourth-order valence-corrected chi connectivity index (χ4v) is 4.21. The molecule has 0 radical (unpaired) electrons. The minimum Gasteiger partial charge on any atom is -0.394 e. The first-order chi connectivity index (χ1) is 8.65. The van der Waals surface area contributed by atoms with Crippen LogP contribution in [0.1, 0.15) is 6.92 Å². The molecule has 1 aromatic carbocycles. The highest BCUT2D eigenvalue weighted by molar-refractivity contribution is 7.89. The van der Waals surface area contributed by atoms with Gasteiger partial charge in [-0.05, 0) is 19.1 Å². The molecule has 0 atom stereocenters. The molecular weight excluding hydrogens is 337 g/mol. The molecule has 3 N–H and O–H groups in total. The predicted octanol–water partition coefficient (Wildman–Crippen LogP) is 1.67. The number of aliphatic hydroxyl groups is 2. The summed E-state index contributed by atoms with van der Waals surface area (Å²) in [4.78, 5) is -0.353. The zero-order valence-corrected chi connectivity index (χ0v) is 12.9. The lowest BCUT2D eigenvalue weighted by Crippen LogP contribution is -2.51. The molecule has 1 aromatic rings. The second kappa shape index (κ2) is 6.13. The fraction of sp³-hybridized carbons (Fsp3) is 0.400.